The lowest BCUT2D eigenvalue weighted by molar-refractivity contribution is 0.104. The summed E-state index contributed by atoms with van der Waals surface area (Å²) in [6.07, 6.45) is 0. The van der Waals surface area contributed by atoms with Gasteiger partial charge in [0.15, 0.2) is 5.78 Å². The van der Waals surface area contributed by atoms with Gasteiger partial charge < -0.3 is 5.73 Å². The van der Waals surface area contributed by atoms with Crippen LogP contribution in [0.5, 0.6) is 0 Å². The second kappa shape index (κ2) is 3.13. The van der Waals surface area contributed by atoms with E-state index >= 15 is 0 Å². The molecule has 2 N–H and O–H groups in total. The minimum absolute atomic E-state index is 0.0584. The molecule has 0 aliphatic heterocycles. The Labute approximate surface area is 95.7 Å². The monoisotopic (exact) mass is 231 g/mol. The molecular weight excluding hydrogens is 224 g/mol. The van der Waals surface area contributed by atoms with Crippen LogP contribution in [0.25, 0.3) is 11.1 Å². The number of benzene rings is 2. The molecule has 0 radical (unpaired) electrons. The van der Waals surface area contributed by atoms with E-state index in [1.54, 1.807) is 12.1 Å². The van der Waals surface area contributed by atoms with E-state index in [1.807, 2.05) is 0 Å². The first-order valence-corrected chi connectivity index (χ1v) is 5.01. The molecule has 0 spiro atoms. The van der Waals surface area contributed by atoms with E-state index in [4.69, 9.17) is 5.73 Å². The van der Waals surface area contributed by atoms with Crippen LogP contribution in [-0.4, -0.2) is 5.78 Å². The summed E-state index contributed by atoms with van der Waals surface area (Å²) < 4.78 is 26.8. The van der Waals surface area contributed by atoms with Crippen LogP contribution in [-0.2, 0) is 0 Å². The zero-order chi connectivity index (χ0) is 12.2. The maximum absolute atomic E-state index is 13.7. The second-order valence-corrected chi connectivity index (χ2v) is 3.94. The number of hydrogen-bond donors (Lipinski definition) is 1. The predicted octanol–water partition coefficient (Wildman–Crippen LogP) is 2.76. The maximum Gasteiger partial charge on any atom is 0.194 e. The standard InChI is InChI=1S/C13H7F2NO/c14-6-3-10-12(11(15)4-6)8-2-1-7(16)5-9(8)13(10)17/h1-5H,16H2. The molecule has 2 aromatic rings. The summed E-state index contributed by atoms with van der Waals surface area (Å²) in [5.41, 5.74) is 7.01. The number of carbonyl (C=O) groups excluding carboxylic acids is 1. The van der Waals surface area contributed by atoms with Crippen molar-refractivity contribution in [3.05, 3.63) is 53.1 Å². The highest BCUT2D eigenvalue weighted by Crippen LogP contribution is 2.39. The van der Waals surface area contributed by atoms with E-state index in [0.717, 1.165) is 12.1 Å². The molecule has 17 heavy (non-hydrogen) atoms. The zero-order valence-electron chi connectivity index (χ0n) is 8.63. The third kappa shape index (κ3) is 1.27. The van der Waals surface area contributed by atoms with Crippen molar-refractivity contribution in [3.63, 3.8) is 0 Å². The number of nitrogen functional groups attached to an aromatic ring is 1. The SMILES string of the molecule is Nc1ccc2c(c1)C(=O)c1cc(F)cc(F)c1-2. The third-order valence-electron chi connectivity index (χ3n) is 2.86. The summed E-state index contributed by atoms with van der Waals surface area (Å²) in [6.45, 7) is 0. The molecule has 2 nitrogen and oxygen atoms in total. The number of ketones is 1. The molecule has 1 aliphatic rings. The summed E-state index contributed by atoms with van der Waals surface area (Å²) in [6, 6.07) is 6.48. The molecule has 84 valence electrons. The topological polar surface area (TPSA) is 43.1 Å². The van der Waals surface area contributed by atoms with Crippen molar-refractivity contribution in [2.75, 3.05) is 5.73 Å². The van der Waals surface area contributed by atoms with Gasteiger partial charge in [-0.2, -0.15) is 0 Å². The summed E-state index contributed by atoms with van der Waals surface area (Å²) in [4.78, 5) is 12.0. The number of carbonyl (C=O) groups is 1. The molecule has 0 saturated carbocycles. The van der Waals surface area contributed by atoms with Gasteiger partial charge in [-0.3, -0.25) is 4.79 Å². The highest BCUT2D eigenvalue weighted by Gasteiger charge is 2.30. The summed E-state index contributed by atoms with van der Waals surface area (Å²) >= 11 is 0. The number of hydrogen-bond acceptors (Lipinski definition) is 2. The average molecular weight is 231 g/mol. The molecule has 1 aliphatic carbocycles. The Morgan fingerprint density at radius 3 is 2.47 bits per heavy atom. The van der Waals surface area contributed by atoms with E-state index < -0.39 is 11.6 Å². The van der Waals surface area contributed by atoms with Gasteiger partial charge in [0.05, 0.1) is 0 Å². The Kier molecular flexibility index (Phi) is 1.84. The van der Waals surface area contributed by atoms with Crippen molar-refractivity contribution >= 4 is 11.5 Å². The molecule has 2 aromatic carbocycles. The van der Waals surface area contributed by atoms with Crippen LogP contribution < -0.4 is 5.73 Å². The highest BCUT2D eigenvalue weighted by atomic mass is 19.1. The van der Waals surface area contributed by atoms with Gasteiger partial charge in [0.25, 0.3) is 0 Å². The largest absolute Gasteiger partial charge is 0.399 e. The first-order valence-electron chi connectivity index (χ1n) is 5.01. The Hall–Kier alpha value is -2.23. The second-order valence-electron chi connectivity index (χ2n) is 3.94. The molecule has 0 saturated heterocycles. The van der Waals surface area contributed by atoms with Crippen LogP contribution in [0.1, 0.15) is 15.9 Å². The van der Waals surface area contributed by atoms with Crippen LogP contribution >= 0.6 is 0 Å². The molecule has 4 heteroatoms. The summed E-state index contributed by atoms with van der Waals surface area (Å²) in [5.74, 6) is -1.87. The molecule has 3 rings (SSSR count). The molecule has 0 bridgehead atoms. The normalized spacial score (nSPS) is 12.5. The summed E-state index contributed by atoms with van der Waals surface area (Å²) in [5, 5.41) is 0. The van der Waals surface area contributed by atoms with Gasteiger partial charge in [-0.15, -0.1) is 0 Å². The van der Waals surface area contributed by atoms with Crippen molar-refractivity contribution < 1.29 is 13.6 Å². The maximum atomic E-state index is 13.7. The predicted molar refractivity (Wildman–Crippen MR) is 59.6 cm³/mol. The van der Waals surface area contributed by atoms with Crippen molar-refractivity contribution in [3.8, 4) is 11.1 Å². The van der Waals surface area contributed by atoms with Gasteiger partial charge in [-0.1, -0.05) is 6.07 Å². The van der Waals surface area contributed by atoms with Crippen LogP contribution in [0, 0.1) is 11.6 Å². The molecule has 0 unspecified atom stereocenters. The van der Waals surface area contributed by atoms with E-state index in [9.17, 15) is 13.6 Å². The van der Waals surface area contributed by atoms with Gasteiger partial charge in [0.1, 0.15) is 11.6 Å². The number of nitrogens with two attached hydrogens (primary N) is 1. The Balaban J connectivity index is 2.39. The van der Waals surface area contributed by atoms with Gasteiger partial charge in [-0.25, -0.2) is 8.78 Å². The molecule has 0 fully saturated rings. The molecule has 0 atom stereocenters. The fourth-order valence-electron chi connectivity index (χ4n) is 2.14. The minimum Gasteiger partial charge on any atom is -0.399 e. The lowest BCUT2D eigenvalue weighted by Crippen LogP contribution is -1.97. The lowest BCUT2D eigenvalue weighted by atomic mass is 10.0. The fraction of sp³-hybridized carbons (Fsp3) is 0. The fourth-order valence-corrected chi connectivity index (χ4v) is 2.14. The molecular formula is C13H7F2NO. The van der Waals surface area contributed by atoms with Gasteiger partial charge in [0, 0.05) is 28.4 Å². The zero-order valence-corrected chi connectivity index (χ0v) is 8.63. The molecule has 0 heterocycles. The minimum atomic E-state index is -0.754. The van der Waals surface area contributed by atoms with E-state index in [0.29, 0.717) is 16.8 Å². The van der Waals surface area contributed by atoms with Crippen molar-refractivity contribution in [1.82, 2.24) is 0 Å². The Morgan fingerprint density at radius 1 is 0.941 bits per heavy atom. The number of fused-ring (bicyclic) bond motifs is 3. The van der Waals surface area contributed by atoms with E-state index in [2.05, 4.69) is 0 Å². The van der Waals surface area contributed by atoms with Crippen molar-refractivity contribution in [2.24, 2.45) is 0 Å². The first kappa shape index (κ1) is 9.96. The average Bonchev–Trinajstić information content (AvgIpc) is 2.53. The van der Waals surface area contributed by atoms with E-state index in [-0.39, 0.29) is 16.9 Å². The first-order chi connectivity index (χ1) is 8.08. The van der Waals surface area contributed by atoms with Crippen LogP contribution in [0.2, 0.25) is 0 Å². The van der Waals surface area contributed by atoms with E-state index in [1.165, 1.54) is 6.07 Å². The van der Waals surface area contributed by atoms with Gasteiger partial charge in [-0.05, 0) is 23.8 Å². The Morgan fingerprint density at radius 2 is 1.71 bits per heavy atom. The number of rotatable bonds is 0. The Bertz CT molecular complexity index is 665. The van der Waals surface area contributed by atoms with Gasteiger partial charge in [0.2, 0.25) is 0 Å². The van der Waals surface area contributed by atoms with Crippen molar-refractivity contribution in [1.29, 1.82) is 0 Å². The number of halogens is 2. The number of anilines is 1. The summed E-state index contributed by atoms with van der Waals surface area (Å²) in [7, 11) is 0. The quantitative estimate of drug-likeness (QED) is 0.604. The molecule has 0 amide bonds. The third-order valence-corrected chi connectivity index (χ3v) is 2.86. The molecule has 0 aromatic heterocycles. The van der Waals surface area contributed by atoms with Crippen LogP contribution in [0.15, 0.2) is 30.3 Å². The highest BCUT2D eigenvalue weighted by molar-refractivity contribution is 6.22. The lowest BCUT2D eigenvalue weighted by Gasteiger charge is -2.02. The smallest absolute Gasteiger partial charge is 0.194 e. The van der Waals surface area contributed by atoms with Gasteiger partial charge >= 0.3 is 0 Å². The van der Waals surface area contributed by atoms with Crippen LogP contribution in [0.3, 0.4) is 0 Å². The van der Waals surface area contributed by atoms with Crippen LogP contribution in [0.4, 0.5) is 14.5 Å². The van der Waals surface area contributed by atoms with Crippen molar-refractivity contribution in [2.45, 2.75) is 0 Å².